The quantitative estimate of drug-likeness (QED) is 0.792. The van der Waals surface area contributed by atoms with Gasteiger partial charge in [-0.3, -0.25) is 15.0 Å². The molecule has 0 fully saturated rings. The molecule has 0 bridgehead atoms. The van der Waals surface area contributed by atoms with Gasteiger partial charge in [-0.15, -0.1) is 0 Å². The van der Waals surface area contributed by atoms with Crippen LogP contribution in [0.1, 0.15) is 37.7 Å². The van der Waals surface area contributed by atoms with E-state index < -0.39 is 17.8 Å². The summed E-state index contributed by atoms with van der Waals surface area (Å²) >= 11 is 12.3. The number of esters is 1. The molecule has 0 radical (unpaired) electrons. The molecule has 2 aliphatic rings. The zero-order valence-corrected chi connectivity index (χ0v) is 15.1. The number of ether oxygens (including phenoxy) is 2. The minimum Gasteiger partial charge on any atom is -0.465 e. The van der Waals surface area contributed by atoms with Gasteiger partial charge in [0.25, 0.3) is 0 Å². The van der Waals surface area contributed by atoms with Crippen molar-refractivity contribution in [2.75, 3.05) is 6.61 Å². The largest absolute Gasteiger partial charge is 0.465 e. The number of rotatable bonds is 3. The lowest BCUT2D eigenvalue weighted by atomic mass is 9.73. The molecule has 1 aliphatic heterocycles. The van der Waals surface area contributed by atoms with E-state index in [1.54, 1.807) is 25.1 Å². The summed E-state index contributed by atoms with van der Waals surface area (Å²) in [6.45, 7) is 1.86. The van der Waals surface area contributed by atoms with Gasteiger partial charge < -0.3 is 9.47 Å². The molecule has 5 nitrogen and oxygen atoms in total. The molecule has 25 heavy (non-hydrogen) atoms. The number of ketones is 1. The summed E-state index contributed by atoms with van der Waals surface area (Å²) in [4.78, 5) is 25.1. The molecule has 2 atom stereocenters. The summed E-state index contributed by atoms with van der Waals surface area (Å²) in [5.74, 6) is -2.19. The zero-order valence-electron chi connectivity index (χ0n) is 13.6. The number of Topliss-reactive ketones (excluding diaryl/α,β-unsaturated/α-hetero) is 1. The molecule has 7 heteroatoms. The average molecular weight is 382 g/mol. The van der Waals surface area contributed by atoms with Crippen LogP contribution in [0.4, 0.5) is 0 Å². The monoisotopic (exact) mass is 381 g/mol. The van der Waals surface area contributed by atoms with Gasteiger partial charge in [0.2, 0.25) is 5.90 Å². The molecule has 3 rings (SSSR count). The Morgan fingerprint density at radius 3 is 2.80 bits per heavy atom. The van der Waals surface area contributed by atoms with Crippen LogP contribution in [0.5, 0.6) is 0 Å². The van der Waals surface area contributed by atoms with Gasteiger partial charge in [-0.05, 0) is 31.0 Å². The van der Waals surface area contributed by atoms with Crippen molar-refractivity contribution in [1.29, 1.82) is 5.41 Å². The van der Waals surface area contributed by atoms with E-state index in [1.807, 2.05) is 0 Å². The highest BCUT2D eigenvalue weighted by molar-refractivity contribution is 6.35. The number of halogens is 2. The second-order valence-corrected chi connectivity index (χ2v) is 6.80. The van der Waals surface area contributed by atoms with E-state index in [9.17, 15) is 9.59 Å². The van der Waals surface area contributed by atoms with E-state index in [-0.39, 0.29) is 18.3 Å². The highest BCUT2D eigenvalue weighted by Gasteiger charge is 2.47. The molecule has 1 N–H and O–H groups in total. The van der Waals surface area contributed by atoms with Crippen LogP contribution in [0, 0.1) is 11.3 Å². The third-order valence-corrected chi connectivity index (χ3v) is 4.97. The van der Waals surface area contributed by atoms with Gasteiger partial charge in [-0.2, -0.15) is 0 Å². The highest BCUT2D eigenvalue weighted by Crippen LogP contribution is 2.46. The Balaban J connectivity index is 2.18. The van der Waals surface area contributed by atoms with Crippen LogP contribution in [-0.4, -0.2) is 24.3 Å². The number of allylic oxidation sites excluding steroid dienone is 2. The molecule has 0 aromatic heterocycles. The number of hydrogen-bond acceptors (Lipinski definition) is 5. The van der Waals surface area contributed by atoms with E-state index in [0.717, 1.165) is 0 Å². The number of carbonyl (C=O) groups is 2. The Hall–Kier alpha value is -1.85. The van der Waals surface area contributed by atoms with Crippen LogP contribution in [-0.2, 0) is 19.1 Å². The fourth-order valence-corrected chi connectivity index (χ4v) is 3.89. The molecular weight excluding hydrogens is 365 g/mol. The van der Waals surface area contributed by atoms with Crippen LogP contribution in [0.3, 0.4) is 0 Å². The van der Waals surface area contributed by atoms with Crippen molar-refractivity contribution in [2.45, 2.75) is 32.1 Å². The summed E-state index contributed by atoms with van der Waals surface area (Å²) in [5, 5.41) is 8.99. The van der Waals surface area contributed by atoms with Gasteiger partial charge in [-0.1, -0.05) is 29.3 Å². The Morgan fingerprint density at radius 1 is 1.36 bits per heavy atom. The minimum absolute atomic E-state index is 0.0842. The minimum atomic E-state index is -1.04. The van der Waals surface area contributed by atoms with Crippen LogP contribution in [0.15, 0.2) is 29.5 Å². The number of benzene rings is 1. The molecule has 0 amide bonds. The van der Waals surface area contributed by atoms with Crippen molar-refractivity contribution in [3.63, 3.8) is 0 Å². The molecule has 0 saturated heterocycles. The maximum atomic E-state index is 12.6. The summed E-state index contributed by atoms with van der Waals surface area (Å²) in [5.41, 5.74) is 0.990. The van der Waals surface area contributed by atoms with Crippen molar-refractivity contribution in [3.05, 3.63) is 45.1 Å². The van der Waals surface area contributed by atoms with E-state index >= 15 is 0 Å². The molecule has 1 heterocycles. The van der Waals surface area contributed by atoms with Crippen molar-refractivity contribution in [2.24, 2.45) is 5.92 Å². The smallest absolute Gasteiger partial charge is 0.319 e. The molecule has 2 unspecified atom stereocenters. The Kier molecular flexibility index (Phi) is 5.16. The van der Waals surface area contributed by atoms with E-state index in [1.165, 1.54) is 0 Å². The second-order valence-electron chi connectivity index (χ2n) is 5.95. The topological polar surface area (TPSA) is 76.5 Å². The lowest BCUT2D eigenvalue weighted by Gasteiger charge is -2.36. The molecular formula is C18H17Cl2NO4. The van der Waals surface area contributed by atoms with Gasteiger partial charge in [0.05, 0.1) is 6.61 Å². The Bertz CT molecular complexity index is 787. The lowest BCUT2D eigenvalue weighted by molar-refractivity contribution is -0.146. The van der Waals surface area contributed by atoms with Crippen LogP contribution in [0.25, 0.3) is 0 Å². The fraction of sp³-hybridized carbons (Fsp3) is 0.389. The van der Waals surface area contributed by atoms with Crippen molar-refractivity contribution >= 4 is 40.9 Å². The summed E-state index contributed by atoms with van der Waals surface area (Å²) in [6.07, 6.45) is 1.60. The van der Waals surface area contributed by atoms with E-state index in [0.29, 0.717) is 46.2 Å². The van der Waals surface area contributed by atoms with Gasteiger partial charge in [0.1, 0.15) is 11.7 Å². The van der Waals surface area contributed by atoms with Crippen LogP contribution in [0.2, 0.25) is 10.0 Å². The zero-order chi connectivity index (χ0) is 18.1. The van der Waals surface area contributed by atoms with Crippen molar-refractivity contribution in [3.8, 4) is 0 Å². The van der Waals surface area contributed by atoms with Gasteiger partial charge >= 0.3 is 5.97 Å². The average Bonchev–Trinajstić information content (AvgIpc) is 2.54. The molecule has 1 aromatic carbocycles. The molecule has 0 saturated carbocycles. The first-order valence-electron chi connectivity index (χ1n) is 8.08. The lowest BCUT2D eigenvalue weighted by Crippen LogP contribution is -2.40. The predicted molar refractivity (Wildman–Crippen MR) is 94.0 cm³/mol. The normalized spacial score (nSPS) is 23.2. The number of hydrogen-bond donors (Lipinski definition) is 1. The van der Waals surface area contributed by atoms with Crippen LogP contribution < -0.4 is 0 Å². The third kappa shape index (κ3) is 3.31. The fourth-order valence-electron chi connectivity index (χ4n) is 3.37. The first-order valence-corrected chi connectivity index (χ1v) is 8.83. The number of nitrogens with one attached hydrogen (secondary N) is 1. The van der Waals surface area contributed by atoms with Crippen molar-refractivity contribution < 1.29 is 19.1 Å². The van der Waals surface area contributed by atoms with E-state index in [2.05, 4.69) is 0 Å². The van der Waals surface area contributed by atoms with Crippen molar-refractivity contribution in [1.82, 2.24) is 0 Å². The SMILES string of the molecule is CCOC(=O)C1C(=N)OC2=C(C(=O)CCC2)C1c1ccc(Cl)cc1Cl. The second kappa shape index (κ2) is 7.18. The summed E-state index contributed by atoms with van der Waals surface area (Å²) in [6, 6.07) is 4.90. The Morgan fingerprint density at radius 2 is 2.12 bits per heavy atom. The molecule has 1 aliphatic carbocycles. The predicted octanol–water partition coefficient (Wildman–Crippen LogP) is 4.27. The molecule has 1 aromatic rings. The van der Waals surface area contributed by atoms with Gasteiger partial charge in [-0.25, -0.2) is 0 Å². The van der Waals surface area contributed by atoms with Gasteiger partial charge in [0.15, 0.2) is 5.78 Å². The highest BCUT2D eigenvalue weighted by atomic mass is 35.5. The molecule has 132 valence electrons. The third-order valence-electron chi connectivity index (χ3n) is 4.41. The van der Waals surface area contributed by atoms with Gasteiger partial charge in [0, 0.05) is 34.4 Å². The first kappa shape index (κ1) is 18.0. The maximum Gasteiger partial charge on any atom is 0.319 e. The standard InChI is InChI=1S/C18H17Cl2NO4/c1-2-24-18(23)16-14(10-7-6-9(19)8-11(10)20)15-12(22)4-3-5-13(15)25-17(16)21/h6-8,14,16,21H,2-5H2,1H3. The molecule has 0 spiro atoms. The summed E-state index contributed by atoms with van der Waals surface area (Å²) in [7, 11) is 0. The maximum absolute atomic E-state index is 12.6. The summed E-state index contributed by atoms with van der Waals surface area (Å²) < 4.78 is 10.6. The Labute approximate surface area is 155 Å². The van der Waals surface area contributed by atoms with E-state index in [4.69, 9.17) is 38.1 Å². The first-order chi connectivity index (χ1) is 11.9. The number of carbonyl (C=O) groups excluding carboxylic acids is 2. The van der Waals surface area contributed by atoms with Crippen LogP contribution >= 0.6 is 23.2 Å².